The number of anilines is 3. The molecule has 35 nitrogen and oxygen atoms in total. The number of carbonyl (C=O) groups is 10. The maximum Gasteiger partial charge on any atom is 0.409 e. The SMILES string of the molecule is CCn1nc(C)cc1C(=O)Nc1nc2cc(C(=O)O)cc(OC)c2n1C/C=C\Cn1c(NC(=O)c2cc(C)nn2CC)nc2cc(C(=O)O)cc(OCCCN(C)C(=O)OCc3ccc(O[C@@H]4O[C@H](C(=O)O)[C@@H](O)[C@H](O)[C@H]4O)cc3NC(=O)CCNC(=O)CCN3C(=O)C=CC3=O)c21. The molecule has 518 valence electrons. The zero-order valence-corrected chi connectivity index (χ0v) is 53.7. The summed E-state index contributed by atoms with van der Waals surface area (Å²) in [7, 11) is 2.77. The van der Waals surface area contributed by atoms with Gasteiger partial charge in [-0.1, -0.05) is 12.2 Å². The van der Waals surface area contributed by atoms with Crippen molar-refractivity contribution in [2.24, 2.45) is 0 Å². The van der Waals surface area contributed by atoms with Gasteiger partial charge in [-0.2, -0.15) is 10.2 Å². The van der Waals surface area contributed by atoms with Crippen molar-refractivity contribution in [3.63, 3.8) is 0 Å². The van der Waals surface area contributed by atoms with E-state index in [-0.39, 0.29) is 138 Å². The first-order valence-corrected chi connectivity index (χ1v) is 30.6. The smallest absolute Gasteiger partial charge is 0.409 e. The molecule has 0 radical (unpaired) electrons. The normalized spacial score (nSPS) is 16.7. The van der Waals surface area contributed by atoms with Gasteiger partial charge in [0.05, 0.1) is 53.0 Å². The van der Waals surface area contributed by atoms with Crippen molar-refractivity contribution >= 4 is 99.1 Å². The van der Waals surface area contributed by atoms with Gasteiger partial charge in [0.25, 0.3) is 23.6 Å². The standard InChI is InChI=1S/C63H70N14O21/c1-7-76-41(24-32(3)70-76)55(85)68-61-66-39-26-35(57(87)88)28-43(94-6)49(39)74(61)20-9-10-21-75-50-40(67-62(75)69-56(86)42-25-33(4)71-77(42)8-2)27-36(58(89)90)29-44(50)95-23-11-19-72(5)63(93)96-31-34-12-13-37(97-60-53(84)51(82)52(83)54(98-60)59(91)92)30-38(34)65-46(79)16-18-64-45(78)17-22-73-47(80)14-15-48(73)81/h9-10,12-15,24-30,51-54,60,82-84H,7-8,11,16-23,31H2,1-6H3,(H,64,78)(H,65,79)(H,87,88)(H,89,90)(H,91,92)(H,66,68,85)(H,67,69,86)/b10-9-/t51-,52-,53+,54-,60+/m0/s1. The van der Waals surface area contributed by atoms with E-state index in [1.165, 1.54) is 70.9 Å². The van der Waals surface area contributed by atoms with Crippen LogP contribution in [0.15, 0.2) is 78.9 Å². The lowest BCUT2D eigenvalue weighted by molar-refractivity contribution is -0.271. The number of aliphatic hydroxyl groups excluding tert-OH is 3. The van der Waals surface area contributed by atoms with Gasteiger partial charge in [-0.3, -0.25) is 53.7 Å². The average molecular weight is 1360 g/mol. The van der Waals surface area contributed by atoms with Gasteiger partial charge < -0.3 is 79.0 Å². The summed E-state index contributed by atoms with van der Waals surface area (Å²) in [6.07, 6.45) is -5.61. The third-order valence-corrected chi connectivity index (χ3v) is 15.5. The Balaban J connectivity index is 0.920. The van der Waals surface area contributed by atoms with Gasteiger partial charge in [0.1, 0.15) is 64.6 Å². The Morgan fingerprint density at radius 1 is 0.694 bits per heavy atom. The van der Waals surface area contributed by atoms with Crippen molar-refractivity contribution in [1.29, 1.82) is 0 Å². The van der Waals surface area contributed by atoms with Crippen molar-refractivity contribution in [3.05, 3.63) is 118 Å². The average Bonchev–Trinajstić information content (AvgIpc) is 1.60. The number of ether oxygens (including phenoxy) is 5. The molecule has 7 aromatic rings. The second-order valence-corrected chi connectivity index (χ2v) is 22.4. The van der Waals surface area contributed by atoms with Crippen LogP contribution in [0.4, 0.5) is 22.4 Å². The number of imide groups is 1. The van der Waals surface area contributed by atoms with Gasteiger partial charge in [-0.25, -0.2) is 29.1 Å². The van der Waals surface area contributed by atoms with E-state index in [2.05, 4.69) is 41.4 Å². The third-order valence-electron chi connectivity index (χ3n) is 15.5. The van der Waals surface area contributed by atoms with E-state index in [1.54, 1.807) is 54.2 Å². The summed E-state index contributed by atoms with van der Waals surface area (Å²) in [4.78, 5) is 139. The van der Waals surface area contributed by atoms with Crippen LogP contribution < -0.4 is 35.5 Å². The van der Waals surface area contributed by atoms with Crippen LogP contribution in [-0.2, 0) is 66.2 Å². The fourth-order valence-electron chi connectivity index (χ4n) is 10.6. The zero-order chi connectivity index (χ0) is 70.8. The summed E-state index contributed by atoms with van der Waals surface area (Å²) in [6, 6.07) is 12.3. The minimum atomic E-state index is -2.02. The Morgan fingerprint density at radius 3 is 1.80 bits per heavy atom. The van der Waals surface area contributed by atoms with Crippen LogP contribution in [0.2, 0.25) is 0 Å². The van der Waals surface area contributed by atoms with Gasteiger partial charge in [-0.15, -0.1) is 0 Å². The predicted octanol–water partition coefficient (Wildman–Crippen LogP) is 2.67. The van der Waals surface area contributed by atoms with Crippen LogP contribution in [0.3, 0.4) is 0 Å². The summed E-state index contributed by atoms with van der Waals surface area (Å²) in [5, 5.41) is 80.6. The van der Waals surface area contributed by atoms with E-state index in [0.29, 0.717) is 30.0 Å². The molecule has 0 unspecified atom stereocenters. The number of allylic oxidation sites excluding steroid dienone is 2. The highest BCUT2D eigenvalue weighted by molar-refractivity contribution is 6.13. The van der Waals surface area contributed by atoms with E-state index < -0.39 is 96.8 Å². The van der Waals surface area contributed by atoms with Crippen LogP contribution in [-0.4, -0.2) is 210 Å². The molecule has 0 bridgehead atoms. The number of fused-ring (bicyclic) bond motifs is 2. The molecular weight excluding hydrogens is 1290 g/mol. The molecule has 3 aromatic carbocycles. The number of imidazole rings is 2. The molecule has 10 N–H and O–H groups in total. The molecule has 2 aliphatic rings. The maximum absolute atomic E-state index is 14.1. The highest BCUT2D eigenvalue weighted by Crippen LogP contribution is 2.35. The second-order valence-electron chi connectivity index (χ2n) is 22.4. The lowest BCUT2D eigenvalue weighted by atomic mass is 9.99. The number of aliphatic carboxylic acids is 1. The van der Waals surface area contributed by atoms with Crippen LogP contribution in [0, 0.1) is 13.8 Å². The number of aromatic carboxylic acids is 2. The number of amides is 7. The molecule has 0 saturated carbocycles. The number of benzene rings is 3. The Bertz CT molecular complexity index is 4320. The molecule has 9 rings (SSSR count). The maximum atomic E-state index is 14.1. The van der Waals surface area contributed by atoms with Crippen molar-refractivity contribution < 1.29 is 102 Å². The monoisotopic (exact) mass is 1360 g/mol. The summed E-state index contributed by atoms with van der Waals surface area (Å²) in [6.45, 7) is 6.69. The molecule has 0 aliphatic carbocycles. The molecule has 98 heavy (non-hydrogen) atoms. The third kappa shape index (κ3) is 16.2. The number of carbonyl (C=O) groups excluding carboxylic acids is 7. The number of aryl methyl sites for hydroxylation is 4. The van der Waals surface area contributed by atoms with Crippen LogP contribution in [0.5, 0.6) is 17.2 Å². The molecule has 35 heteroatoms. The zero-order valence-electron chi connectivity index (χ0n) is 53.7. The Kier molecular flexibility index (Phi) is 22.3. The Labute approximate surface area is 555 Å². The molecule has 7 amide bonds. The summed E-state index contributed by atoms with van der Waals surface area (Å²) in [5.41, 5.74) is 2.26. The van der Waals surface area contributed by atoms with E-state index in [1.807, 2.05) is 6.92 Å². The van der Waals surface area contributed by atoms with Crippen LogP contribution in [0.25, 0.3) is 22.1 Å². The van der Waals surface area contributed by atoms with Gasteiger partial charge in [0.15, 0.2) is 6.10 Å². The van der Waals surface area contributed by atoms with Crippen molar-refractivity contribution in [3.8, 4) is 17.2 Å². The number of nitrogens with zero attached hydrogens (tertiary/aromatic N) is 10. The summed E-state index contributed by atoms with van der Waals surface area (Å²) < 4.78 is 34.7. The number of hydrogen-bond donors (Lipinski definition) is 10. The number of nitrogens with one attached hydrogen (secondary N) is 4. The summed E-state index contributed by atoms with van der Waals surface area (Å²) in [5.74, 6) is -7.79. The number of rotatable bonds is 30. The number of methoxy groups -OCH3 is 1. The fourth-order valence-corrected chi connectivity index (χ4v) is 10.6. The van der Waals surface area contributed by atoms with Crippen molar-refractivity contribution in [2.45, 2.75) is 110 Å². The molecule has 2 aliphatic heterocycles. The first-order chi connectivity index (χ1) is 46.8. The first kappa shape index (κ1) is 70.7. The van der Waals surface area contributed by atoms with E-state index in [9.17, 15) is 78.6 Å². The predicted molar refractivity (Wildman–Crippen MR) is 341 cm³/mol. The largest absolute Gasteiger partial charge is 0.494 e. The number of carboxylic acid groups (broad SMARTS) is 3. The number of hydrogen-bond acceptors (Lipinski definition) is 22. The number of aliphatic hydroxyl groups is 3. The quantitative estimate of drug-likeness (QED) is 0.0176. The first-order valence-electron chi connectivity index (χ1n) is 30.6. The minimum absolute atomic E-state index is 0.00954. The highest BCUT2D eigenvalue weighted by Gasteiger charge is 2.48. The van der Waals surface area contributed by atoms with Crippen LogP contribution in [0.1, 0.15) is 91.8 Å². The highest BCUT2D eigenvalue weighted by atomic mass is 16.7. The number of aromatic nitrogens is 8. The number of carboxylic acids is 3. The van der Waals surface area contributed by atoms with Crippen molar-refractivity contribution in [2.75, 3.05) is 56.3 Å². The van der Waals surface area contributed by atoms with Crippen molar-refractivity contribution in [1.82, 2.24) is 53.8 Å². The van der Waals surface area contributed by atoms with Gasteiger partial charge in [-0.05, 0) is 82.6 Å². The van der Waals surface area contributed by atoms with E-state index in [4.69, 9.17) is 23.7 Å². The van der Waals surface area contributed by atoms with Gasteiger partial charge >= 0.3 is 24.0 Å². The molecule has 1 saturated heterocycles. The fraction of sp³-hybridized carbons (Fsp3) is 0.365. The van der Waals surface area contributed by atoms with Crippen LogP contribution >= 0.6 is 0 Å². The lowest BCUT2D eigenvalue weighted by Crippen LogP contribution is -2.61. The summed E-state index contributed by atoms with van der Waals surface area (Å²) >= 11 is 0. The Morgan fingerprint density at radius 2 is 1.26 bits per heavy atom. The molecule has 1 fully saturated rings. The molecule has 6 heterocycles. The molecule has 5 atom stereocenters. The molecule has 0 spiro atoms. The lowest BCUT2D eigenvalue weighted by Gasteiger charge is -2.38. The minimum Gasteiger partial charge on any atom is -0.494 e. The Hall–Kier alpha value is -11.6. The topological polar surface area (TPSA) is 464 Å². The van der Waals surface area contributed by atoms with E-state index in [0.717, 1.165) is 17.1 Å². The molecule has 4 aromatic heterocycles. The molecular formula is C63H70N14O21. The second kappa shape index (κ2) is 30.9. The van der Waals surface area contributed by atoms with Gasteiger partial charge in [0, 0.05) is 89.5 Å². The van der Waals surface area contributed by atoms with Gasteiger partial charge in [0.2, 0.25) is 30.0 Å². The van der Waals surface area contributed by atoms with E-state index >= 15 is 0 Å².